The molecular weight excluding hydrogens is 211 g/mol. The molecule has 1 aromatic carbocycles. The molecule has 3 nitrogen and oxygen atoms in total. The van der Waals surface area contributed by atoms with Gasteiger partial charge in [-0.2, -0.15) is 0 Å². The summed E-state index contributed by atoms with van der Waals surface area (Å²) in [7, 11) is 0. The minimum Gasteiger partial charge on any atom is -0.464 e. The van der Waals surface area contributed by atoms with Gasteiger partial charge in [0.25, 0.3) is 0 Å². The lowest BCUT2D eigenvalue weighted by Crippen LogP contribution is -2.13. The molecule has 0 spiro atoms. The Hall–Kier alpha value is -1.42. The van der Waals surface area contributed by atoms with Gasteiger partial charge in [-0.05, 0) is 25.0 Å². The van der Waals surface area contributed by atoms with E-state index in [0.717, 1.165) is 0 Å². The largest absolute Gasteiger partial charge is 0.464 e. The van der Waals surface area contributed by atoms with Crippen LogP contribution in [0.4, 0.5) is 4.39 Å². The van der Waals surface area contributed by atoms with Gasteiger partial charge in [0.15, 0.2) is 0 Å². The molecule has 0 atom stereocenters. The fourth-order valence-electron chi connectivity index (χ4n) is 1.24. The van der Waals surface area contributed by atoms with Gasteiger partial charge in [0.1, 0.15) is 12.4 Å². The van der Waals surface area contributed by atoms with Gasteiger partial charge in [-0.25, -0.2) is 9.18 Å². The van der Waals surface area contributed by atoms with Gasteiger partial charge >= 0.3 is 5.97 Å². The minimum absolute atomic E-state index is 0.0811. The lowest BCUT2D eigenvalue weighted by Gasteiger charge is -2.04. The third kappa shape index (κ3) is 4.40. The summed E-state index contributed by atoms with van der Waals surface area (Å²) in [5.74, 6) is -0.640. The van der Waals surface area contributed by atoms with Gasteiger partial charge < -0.3 is 9.47 Å². The smallest absolute Gasteiger partial charge is 0.332 e. The Labute approximate surface area is 94.2 Å². The number of carbonyl (C=O) groups excluding carboxylic acids is 1. The van der Waals surface area contributed by atoms with E-state index >= 15 is 0 Å². The van der Waals surface area contributed by atoms with Crippen molar-refractivity contribution in [2.75, 3.05) is 19.8 Å². The lowest BCUT2D eigenvalue weighted by atomic mass is 10.1. The van der Waals surface area contributed by atoms with Crippen molar-refractivity contribution < 1.29 is 18.7 Å². The van der Waals surface area contributed by atoms with Crippen LogP contribution in [0.3, 0.4) is 0 Å². The maximum Gasteiger partial charge on any atom is 0.332 e. The minimum atomic E-state index is -0.393. The molecule has 0 aromatic heterocycles. The fraction of sp³-hybridized carbons (Fsp3) is 0.417. The zero-order valence-electron chi connectivity index (χ0n) is 9.24. The third-order valence-corrected chi connectivity index (χ3v) is 2.00. The number of carbonyl (C=O) groups is 1. The van der Waals surface area contributed by atoms with E-state index in [4.69, 9.17) is 4.74 Å². The van der Waals surface area contributed by atoms with Gasteiger partial charge in [-0.1, -0.05) is 18.2 Å². The second-order valence-electron chi connectivity index (χ2n) is 3.20. The summed E-state index contributed by atoms with van der Waals surface area (Å²) in [5, 5.41) is 0. The highest BCUT2D eigenvalue weighted by Crippen LogP contribution is 2.06. The van der Waals surface area contributed by atoms with Gasteiger partial charge in [0, 0.05) is 0 Å². The second-order valence-corrected chi connectivity index (χ2v) is 3.20. The Bertz CT molecular complexity index is 339. The van der Waals surface area contributed by atoms with E-state index in [1.54, 1.807) is 25.1 Å². The molecule has 4 heteroatoms. The molecule has 0 bridgehead atoms. The first kappa shape index (κ1) is 12.6. The number of ether oxygens (including phenoxy) is 2. The van der Waals surface area contributed by atoms with Crippen molar-refractivity contribution in [3.8, 4) is 0 Å². The van der Waals surface area contributed by atoms with Crippen LogP contribution in [0, 0.1) is 5.82 Å². The van der Waals surface area contributed by atoms with Crippen molar-refractivity contribution in [3.63, 3.8) is 0 Å². The van der Waals surface area contributed by atoms with E-state index in [0.29, 0.717) is 25.2 Å². The molecule has 0 aliphatic carbocycles. The zero-order valence-corrected chi connectivity index (χ0v) is 9.24. The SMILES string of the molecule is CCOC(=O)COCCc1ccccc1F. The standard InChI is InChI=1S/C12H15FO3/c1-2-16-12(14)9-15-8-7-10-5-3-4-6-11(10)13/h3-6H,2,7-9H2,1H3. The average Bonchev–Trinajstić information content (AvgIpc) is 2.27. The van der Waals surface area contributed by atoms with Crippen LogP contribution in [0.1, 0.15) is 12.5 Å². The average molecular weight is 226 g/mol. The van der Waals surface area contributed by atoms with Crippen LogP contribution in [0.5, 0.6) is 0 Å². The molecule has 0 aliphatic heterocycles. The highest BCUT2D eigenvalue weighted by atomic mass is 19.1. The molecule has 16 heavy (non-hydrogen) atoms. The summed E-state index contributed by atoms with van der Waals surface area (Å²) in [4.78, 5) is 10.9. The van der Waals surface area contributed by atoms with Crippen molar-refractivity contribution in [3.05, 3.63) is 35.6 Å². The number of halogens is 1. The van der Waals surface area contributed by atoms with E-state index in [9.17, 15) is 9.18 Å². The van der Waals surface area contributed by atoms with Gasteiger partial charge in [-0.15, -0.1) is 0 Å². The van der Waals surface area contributed by atoms with Gasteiger partial charge in [0.05, 0.1) is 13.2 Å². The monoisotopic (exact) mass is 226 g/mol. The van der Waals surface area contributed by atoms with Crippen molar-refractivity contribution in [1.82, 2.24) is 0 Å². The first-order chi connectivity index (χ1) is 7.74. The predicted molar refractivity (Wildman–Crippen MR) is 57.6 cm³/mol. The summed E-state index contributed by atoms with van der Waals surface area (Å²) in [5.41, 5.74) is 0.589. The Kier molecular flexibility index (Phi) is 5.50. The van der Waals surface area contributed by atoms with Crippen molar-refractivity contribution in [1.29, 1.82) is 0 Å². The molecule has 0 saturated carbocycles. The molecule has 0 fully saturated rings. The maximum absolute atomic E-state index is 13.1. The topological polar surface area (TPSA) is 35.5 Å². The van der Waals surface area contributed by atoms with Crippen LogP contribution in [0.2, 0.25) is 0 Å². The van der Waals surface area contributed by atoms with Crippen LogP contribution in [0.15, 0.2) is 24.3 Å². The Morgan fingerprint density at radius 1 is 1.38 bits per heavy atom. The van der Waals surface area contributed by atoms with E-state index in [-0.39, 0.29) is 12.4 Å². The predicted octanol–water partition coefficient (Wildman–Crippen LogP) is 1.95. The molecule has 88 valence electrons. The molecule has 0 radical (unpaired) electrons. The van der Waals surface area contributed by atoms with Crippen LogP contribution >= 0.6 is 0 Å². The van der Waals surface area contributed by atoms with Crippen molar-refractivity contribution in [2.45, 2.75) is 13.3 Å². The number of rotatable bonds is 6. The first-order valence-corrected chi connectivity index (χ1v) is 5.20. The number of hydrogen-bond donors (Lipinski definition) is 0. The molecule has 0 heterocycles. The van der Waals surface area contributed by atoms with Crippen LogP contribution in [0.25, 0.3) is 0 Å². The Morgan fingerprint density at radius 2 is 2.12 bits per heavy atom. The van der Waals surface area contributed by atoms with E-state index in [1.807, 2.05) is 0 Å². The van der Waals surface area contributed by atoms with Crippen LogP contribution in [-0.4, -0.2) is 25.8 Å². The first-order valence-electron chi connectivity index (χ1n) is 5.20. The van der Waals surface area contributed by atoms with E-state index in [2.05, 4.69) is 4.74 Å². The third-order valence-electron chi connectivity index (χ3n) is 2.00. The number of hydrogen-bond acceptors (Lipinski definition) is 3. The summed E-state index contributed by atoms with van der Waals surface area (Å²) in [6.07, 6.45) is 0.450. The maximum atomic E-state index is 13.1. The fourth-order valence-corrected chi connectivity index (χ4v) is 1.24. The highest BCUT2D eigenvalue weighted by molar-refractivity contribution is 5.70. The molecule has 1 aromatic rings. The Morgan fingerprint density at radius 3 is 2.81 bits per heavy atom. The number of benzene rings is 1. The zero-order chi connectivity index (χ0) is 11.8. The summed E-state index contributed by atoms with van der Waals surface area (Å²) >= 11 is 0. The van der Waals surface area contributed by atoms with Crippen LogP contribution < -0.4 is 0 Å². The molecule has 0 N–H and O–H groups in total. The normalized spacial score (nSPS) is 10.1. The van der Waals surface area contributed by atoms with Crippen LogP contribution in [-0.2, 0) is 20.7 Å². The quantitative estimate of drug-likeness (QED) is 0.549. The summed E-state index contributed by atoms with van der Waals surface area (Å²) in [6.45, 7) is 2.30. The van der Waals surface area contributed by atoms with Gasteiger partial charge in [-0.3, -0.25) is 0 Å². The summed E-state index contributed by atoms with van der Waals surface area (Å²) < 4.78 is 22.9. The van der Waals surface area contributed by atoms with Crippen molar-refractivity contribution >= 4 is 5.97 Å². The lowest BCUT2D eigenvalue weighted by molar-refractivity contribution is -0.148. The molecule has 0 aliphatic rings. The Balaban J connectivity index is 2.21. The van der Waals surface area contributed by atoms with E-state index < -0.39 is 5.97 Å². The molecular formula is C12H15FO3. The van der Waals surface area contributed by atoms with Gasteiger partial charge in [0.2, 0.25) is 0 Å². The summed E-state index contributed by atoms with van der Waals surface area (Å²) in [6, 6.07) is 6.51. The number of esters is 1. The second kappa shape index (κ2) is 6.95. The highest BCUT2D eigenvalue weighted by Gasteiger charge is 2.03. The molecule has 1 rings (SSSR count). The van der Waals surface area contributed by atoms with Crippen molar-refractivity contribution in [2.24, 2.45) is 0 Å². The molecule has 0 amide bonds. The van der Waals surface area contributed by atoms with E-state index in [1.165, 1.54) is 6.07 Å². The molecule has 0 unspecified atom stereocenters. The molecule has 0 saturated heterocycles.